The second kappa shape index (κ2) is 3.87. The standard InChI is InChI=1S/C12H13NO2/c1-2-11(14)12(15)9-7-13-10-6-4-3-5-8(9)10/h3-7,12-13,15H,2H2,1H3. The summed E-state index contributed by atoms with van der Waals surface area (Å²) in [4.78, 5) is 14.4. The van der Waals surface area contributed by atoms with Crippen LogP contribution in [0.2, 0.25) is 0 Å². The molecule has 0 aliphatic heterocycles. The number of carbonyl (C=O) groups excluding carboxylic acids is 1. The molecule has 0 radical (unpaired) electrons. The van der Waals surface area contributed by atoms with Crippen molar-refractivity contribution in [3.63, 3.8) is 0 Å². The van der Waals surface area contributed by atoms with Crippen LogP contribution in [0, 0.1) is 0 Å². The van der Waals surface area contributed by atoms with Crippen LogP contribution in [-0.2, 0) is 4.79 Å². The summed E-state index contributed by atoms with van der Waals surface area (Å²) < 4.78 is 0. The first kappa shape index (κ1) is 9.93. The lowest BCUT2D eigenvalue weighted by molar-refractivity contribution is -0.127. The molecule has 1 heterocycles. The number of hydrogen-bond donors (Lipinski definition) is 2. The molecule has 2 rings (SSSR count). The Kier molecular flexibility index (Phi) is 2.56. The van der Waals surface area contributed by atoms with E-state index in [2.05, 4.69) is 4.98 Å². The lowest BCUT2D eigenvalue weighted by atomic mass is 10.0. The van der Waals surface area contributed by atoms with Crippen LogP contribution in [0.25, 0.3) is 10.9 Å². The Hall–Kier alpha value is -1.61. The van der Waals surface area contributed by atoms with Crippen molar-refractivity contribution in [2.45, 2.75) is 19.4 Å². The van der Waals surface area contributed by atoms with E-state index >= 15 is 0 Å². The molecule has 2 N–H and O–H groups in total. The normalized spacial score (nSPS) is 12.9. The summed E-state index contributed by atoms with van der Waals surface area (Å²) in [7, 11) is 0. The molecule has 2 aromatic rings. The molecule has 1 unspecified atom stereocenters. The smallest absolute Gasteiger partial charge is 0.165 e. The molecule has 0 saturated heterocycles. The van der Waals surface area contributed by atoms with Crippen LogP contribution in [0.5, 0.6) is 0 Å². The van der Waals surface area contributed by atoms with E-state index in [-0.39, 0.29) is 5.78 Å². The van der Waals surface area contributed by atoms with Crippen LogP contribution in [0.3, 0.4) is 0 Å². The highest BCUT2D eigenvalue weighted by Crippen LogP contribution is 2.24. The van der Waals surface area contributed by atoms with Gasteiger partial charge >= 0.3 is 0 Å². The lowest BCUT2D eigenvalue weighted by Gasteiger charge is -2.06. The predicted molar refractivity (Wildman–Crippen MR) is 58.6 cm³/mol. The van der Waals surface area contributed by atoms with Crippen molar-refractivity contribution >= 4 is 16.7 Å². The molecule has 0 aliphatic rings. The fourth-order valence-corrected chi connectivity index (χ4v) is 1.69. The molecule has 1 aromatic carbocycles. The van der Waals surface area contributed by atoms with Gasteiger partial charge in [0.25, 0.3) is 0 Å². The summed E-state index contributed by atoms with van der Waals surface area (Å²) in [5, 5.41) is 10.7. The number of ketones is 1. The molecular weight excluding hydrogens is 190 g/mol. The minimum atomic E-state index is -1.01. The van der Waals surface area contributed by atoms with Gasteiger partial charge in [-0.25, -0.2) is 0 Å². The van der Waals surface area contributed by atoms with Gasteiger partial charge in [-0.15, -0.1) is 0 Å². The molecule has 1 atom stereocenters. The quantitative estimate of drug-likeness (QED) is 0.803. The van der Waals surface area contributed by atoms with E-state index in [1.54, 1.807) is 13.1 Å². The van der Waals surface area contributed by atoms with E-state index in [1.165, 1.54) is 0 Å². The maximum atomic E-state index is 11.4. The summed E-state index contributed by atoms with van der Waals surface area (Å²) in [6, 6.07) is 7.62. The number of Topliss-reactive ketones (excluding diaryl/α,β-unsaturated/α-hetero) is 1. The van der Waals surface area contributed by atoms with Gasteiger partial charge in [0.05, 0.1) is 0 Å². The number of para-hydroxylation sites is 1. The number of aromatic nitrogens is 1. The molecule has 3 heteroatoms. The molecule has 78 valence electrons. The fourth-order valence-electron chi connectivity index (χ4n) is 1.69. The number of fused-ring (bicyclic) bond motifs is 1. The van der Waals surface area contributed by atoms with Crippen LogP contribution in [0.15, 0.2) is 30.5 Å². The molecular formula is C12H13NO2. The second-order valence-electron chi connectivity index (χ2n) is 3.51. The highest BCUT2D eigenvalue weighted by molar-refractivity contribution is 5.91. The fraction of sp³-hybridized carbons (Fsp3) is 0.250. The Labute approximate surface area is 87.7 Å². The molecule has 0 fully saturated rings. The number of hydrogen-bond acceptors (Lipinski definition) is 2. The van der Waals surface area contributed by atoms with Crippen LogP contribution < -0.4 is 0 Å². The van der Waals surface area contributed by atoms with Crippen molar-refractivity contribution in [1.29, 1.82) is 0 Å². The minimum Gasteiger partial charge on any atom is -0.380 e. The molecule has 0 bridgehead atoms. The van der Waals surface area contributed by atoms with Gasteiger partial charge in [-0.3, -0.25) is 4.79 Å². The van der Waals surface area contributed by atoms with Crippen molar-refractivity contribution in [2.75, 3.05) is 0 Å². The first-order chi connectivity index (χ1) is 7.24. The van der Waals surface area contributed by atoms with Gasteiger partial charge in [-0.2, -0.15) is 0 Å². The SMILES string of the molecule is CCC(=O)C(O)c1c[nH]c2ccccc12. The average Bonchev–Trinajstić information content (AvgIpc) is 2.70. The number of benzene rings is 1. The summed E-state index contributed by atoms with van der Waals surface area (Å²) in [6.45, 7) is 1.75. The third kappa shape index (κ3) is 1.66. The number of H-pyrrole nitrogens is 1. The van der Waals surface area contributed by atoms with Crippen molar-refractivity contribution < 1.29 is 9.90 Å². The summed E-state index contributed by atoms with van der Waals surface area (Å²) in [5.41, 5.74) is 1.60. The lowest BCUT2D eigenvalue weighted by Crippen LogP contribution is -2.09. The Bertz CT molecular complexity index is 487. The molecule has 15 heavy (non-hydrogen) atoms. The first-order valence-corrected chi connectivity index (χ1v) is 5.01. The van der Waals surface area contributed by atoms with E-state index in [4.69, 9.17) is 0 Å². The summed E-state index contributed by atoms with van der Waals surface area (Å²) in [5.74, 6) is -0.153. The summed E-state index contributed by atoms with van der Waals surface area (Å²) >= 11 is 0. The molecule has 0 aliphatic carbocycles. The zero-order valence-electron chi connectivity index (χ0n) is 8.53. The number of aromatic amines is 1. The van der Waals surface area contributed by atoms with Crippen molar-refractivity contribution in [3.05, 3.63) is 36.0 Å². The van der Waals surface area contributed by atoms with Crippen molar-refractivity contribution in [1.82, 2.24) is 4.98 Å². The Morgan fingerprint density at radius 2 is 2.20 bits per heavy atom. The van der Waals surface area contributed by atoms with E-state index in [9.17, 15) is 9.90 Å². The van der Waals surface area contributed by atoms with Crippen LogP contribution in [0.1, 0.15) is 25.0 Å². The molecule has 0 amide bonds. The van der Waals surface area contributed by atoms with E-state index in [0.717, 1.165) is 10.9 Å². The Balaban J connectivity index is 2.48. The zero-order valence-corrected chi connectivity index (χ0v) is 8.53. The molecule has 0 spiro atoms. The van der Waals surface area contributed by atoms with Crippen LogP contribution >= 0.6 is 0 Å². The summed E-state index contributed by atoms with van der Waals surface area (Å²) in [6.07, 6.45) is 1.04. The van der Waals surface area contributed by atoms with Crippen LogP contribution in [0.4, 0.5) is 0 Å². The third-order valence-electron chi connectivity index (χ3n) is 2.57. The van der Waals surface area contributed by atoms with Gasteiger partial charge in [-0.05, 0) is 6.07 Å². The average molecular weight is 203 g/mol. The number of aliphatic hydroxyl groups excluding tert-OH is 1. The number of nitrogens with one attached hydrogen (secondary N) is 1. The maximum Gasteiger partial charge on any atom is 0.165 e. The van der Waals surface area contributed by atoms with Gasteiger partial charge in [0.15, 0.2) is 5.78 Å². The predicted octanol–water partition coefficient (Wildman–Crippen LogP) is 2.18. The number of aliphatic hydroxyl groups is 1. The number of carbonyl (C=O) groups is 1. The van der Waals surface area contributed by atoms with Gasteiger partial charge in [0.2, 0.25) is 0 Å². The highest BCUT2D eigenvalue weighted by Gasteiger charge is 2.18. The Morgan fingerprint density at radius 3 is 2.93 bits per heavy atom. The maximum absolute atomic E-state index is 11.4. The van der Waals surface area contributed by atoms with Crippen molar-refractivity contribution in [3.8, 4) is 0 Å². The largest absolute Gasteiger partial charge is 0.380 e. The van der Waals surface area contributed by atoms with Gasteiger partial charge < -0.3 is 10.1 Å². The molecule has 1 aromatic heterocycles. The molecule has 0 saturated carbocycles. The second-order valence-corrected chi connectivity index (χ2v) is 3.51. The zero-order chi connectivity index (χ0) is 10.8. The molecule has 3 nitrogen and oxygen atoms in total. The monoisotopic (exact) mass is 203 g/mol. The first-order valence-electron chi connectivity index (χ1n) is 5.01. The highest BCUT2D eigenvalue weighted by atomic mass is 16.3. The van der Waals surface area contributed by atoms with E-state index in [0.29, 0.717) is 12.0 Å². The third-order valence-corrected chi connectivity index (χ3v) is 2.57. The minimum absolute atomic E-state index is 0.153. The van der Waals surface area contributed by atoms with E-state index < -0.39 is 6.10 Å². The van der Waals surface area contributed by atoms with Crippen LogP contribution in [-0.4, -0.2) is 15.9 Å². The van der Waals surface area contributed by atoms with Gasteiger partial charge in [0.1, 0.15) is 6.10 Å². The topological polar surface area (TPSA) is 53.1 Å². The Morgan fingerprint density at radius 1 is 1.47 bits per heavy atom. The van der Waals surface area contributed by atoms with E-state index in [1.807, 2.05) is 24.3 Å². The number of rotatable bonds is 3. The van der Waals surface area contributed by atoms with Gasteiger partial charge in [0, 0.05) is 29.1 Å². The van der Waals surface area contributed by atoms with Crippen molar-refractivity contribution in [2.24, 2.45) is 0 Å². The van der Waals surface area contributed by atoms with Gasteiger partial charge in [-0.1, -0.05) is 25.1 Å².